The van der Waals surface area contributed by atoms with Crippen molar-refractivity contribution in [3.63, 3.8) is 0 Å². The summed E-state index contributed by atoms with van der Waals surface area (Å²) >= 11 is 0. The third-order valence-electron chi connectivity index (χ3n) is 8.67. The molecule has 0 bridgehead atoms. The minimum atomic E-state index is -1.85. The number of hydrogen-bond acceptors (Lipinski definition) is 3. The summed E-state index contributed by atoms with van der Waals surface area (Å²) in [5, 5.41) is 3.08. The van der Waals surface area contributed by atoms with Crippen LogP contribution in [0.4, 0.5) is 11.4 Å². The molecule has 4 rings (SSSR count). The van der Waals surface area contributed by atoms with Crippen LogP contribution in [0.5, 0.6) is 5.75 Å². The molecule has 0 aliphatic rings. The summed E-state index contributed by atoms with van der Waals surface area (Å²) in [6.07, 6.45) is 0. The van der Waals surface area contributed by atoms with Crippen molar-refractivity contribution in [2.24, 2.45) is 0 Å². The van der Waals surface area contributed by atoms with Crippen LogP contribution in [0.15, 0.2) is 72.8 Å². The van der Waals surface area contributed by atoms with Gasteiger partial charge in [0, 0.05) is 0 Å². The van der Waals surface area contributed by atoms with Crippen molar-refractivity contribution in [1.29, 1.82) is 0 Å². The predicted octanol–water partition coefficient (Wildman–Crippen LogP) is 9.11. The molecule has 0 atom stereocenters. The molecule has 5 heteroatoms. The van der Waals surface area contributed by atoms with Crippen molar-refractivity contribution < 1.29 is 30.6 Å². The third-order valence-corrected chi connectivity index (χ3v) is 14.1. The van der Waals surface area contributed by atoms with E-state index in [1.165, 1.54) is 50.9 Å². The SMILES string of the molecule is CC[Si](CC)(c1cc(C)cc(C(C)(C)C)c1OC)[c-]1cc(C)cc1C.[CH2-]c1ccccc1N(C)C.[CH2-]c1ccccc1N(C)C.[Sc+3]. The summed E-state index contributed by atoms with van der Waals surface area (Å²) in [4.78, 5) is 4.12. The second kappa shape index (κ2) is 18.0. The molecule has 0 aromatic heterocycles. The molecule has 4 aromatic carbocycles. The average Bonchev–Trinajstić information content (AvgIpc) is 3.32. The van der Waals surface area contributed by atoms with Crippen LogP contribution in [-0.4, -0.2) is 43.4 Å². The minimum absolute atomic E-state index is 0. The quantitative estimate of drug-likeness (QED) is 0.144. The fraction of sp³-hybridized carbons (Fsp3) is 0.390. The monoisotopic (exact) mass is 668 g/mol. The van der Waals surface area contributed by atoms with Gasteiger partial charge in [0.15, 0.2) is 0 Å². The van der Waals surface area contributed by atoms with Gasteiger partial charge in [-0.3, -0.25) is 0 Å². The van der Waals surface area contributed by atoms with E-state index in [-0.39, 0.29) is 31.3 Å². The van der Waals surface area contributed by atoms with Crippen molar-refractivity contribution in [2.75, 3.05) is 45.1 Å². The maximum atomic E-state index is 6.07. The van der Waals surface area contributed by atoms with Crippen LogP contribution in [0.1, 0.15) is 68.0 Å². The zero-order valence-electron chi connectivity index (χ0n) is 31.1. The number of benzene rings is 3. The van der Waals surface area contributed by atoms with Gasteiger partial charge in [-0.1, -0.05) is 114 Å². The number of aryl methyl sites for hydroxylation is 3. The van der Waals surface area contributed by atoms with Gasteiger partial charge in [-0.2, -0.15) is 53.9 Å². The van der Waals surface area contributed by atoms with Gasteiger partial charge in [0.2, 0.25) is 0 Å². The Hall–Kier alpha value is -2.76. The minimum Gasteiger partial charge on any atom is -0.497 e. The first-order valence-electron chi connectivity index (χ1n) is 16.1. The molecule has 246 valence electrons. The number of para-hydroxylation sites is 2. The second-order valence-corrected chi connectivity index (χ2v) is 18.3. The summed E-state index contributed by atoms with van der Waals surface area (Å²) in [5.74, 6) is 1.13. The maximum absolute atomic E-state index is 6.07. The van der Waals surface area contributed by atoms with E-state index < -0.39 is 8.07 Å². The van der Waals surface area contributed by atoms with Crippen LogP contribution < -0.4 is 24.9 Å². The summed E-state index contributed by atoms with van der Waals surface area (Å²) < 4.78 is 6.07. The van der Waals surface area contributed by atoms with E-state index >= 15 is 0 Å². The summed E-state index contributed by atoms with van der Waals surface area (Å²) in [6, 6.07) is 28.1. The van der Waals surface area contributed by atoms with Gasteiger partial charge in [-0.25, -0.2) is 11.6 Å². The van der Waals surface area contributed by atoms with E-state index in [2.05, 4.69) is 115 Å². The first-order valence-corrected chi connectivity index (χ1v) is 18.6. The molecule has 0 spiro atoms. The van der Waals surface area contributed by atoms with Gasteiger partial charge in [0.05, 0.1) is 15.2 Å². The largest absolute Gasteiger partial charge is 3.00 e. The number of anilines is 2. The van der Waals surface area contributed by atoms with Crippen molar-refractivity contribution in [3.05, 3.63) is 120 Å². The molecular formula is C41H59N2OScSi. The van der Waals surface area contributed by atoms with E-state index in [0.717, 1.165) is 16.9 Å². The van der Waals surface area contributed by atoms with Crippen molar-refractivity contribution in [1.82, 2.24) is 0 Å². The molecule has 46 heavy (non-hydrogen) atoms. The smallest absolute Gasteiger partial charge is 0.497 e. The van der Waals surface area contributed by atoms with Crippen LogP contribution >= 0.6 is 0 Å². The Morgan fingerprint density at radius 2 is 1.20 bits per heavy atom. The van der Waals surface area contributed by atoms with Crippen LogP contribution in [-0.2, 0) is 31.3 Å². The van der Waals surface area contributed by atoms with Gasteiger partial charge >= 0.3 is 25.8 Å². The fourth-order valence-corrected chi connectivity index (χ4v) is 11.1. The summed E-state index contributed by atoms with van der Waals surface area (Å²) in [6.45, 7) is 26.1. The van der Waals surface area contributed by atoms with E-state index in [4.69, 9.17) is 4.74 Å². The maximum Gasteiger partial charge on any atom is 3.00 e. The van der Waals surface area contributed by atoms with E-state index in [0.29, 0.717) is 0 Å². The number of nitrogens with zero attached hydrogens (tertiary/aromatic N) is 2. The molecule has 0 heterocycles. The molecule has 0 aliphatic heterocycles. The summed E-state index contributed by atoms with van der Waals surface area (Å²) in [7, 11) is 8.06. The number of ether oxygens (including phenoxy) is 1. The first kappa shape index (κ1) is 41.3. The second-order valence-electron chi connectivity index (χ2n) is 13.6. The van der Waals surface area contributed by atoms with E-state index in [1.807, 2.05) is 71.7 Å². The van der Waals surface area contributed by atoms with Crippen LogP contribution in [0.25, 0.3) is 0 Å². The Morgan fingerprint density at radius 3 is 1.50 bits per heavy atom. The standard InChI is InChI=1S/C23H35OSi.2C9H12N.Sc/c1-10-25(11-2,20-14-16(3)12-18(20)5)21-15-17(4)13-19(22(21)24-9)23(6,7)8;2*1-8-6-4-5-7-9(8)10(2)3;/h12-15H,10-11H2,1-9H3;2*4-7H,1H2,2-3H3;/q3*-1;+3. The molecule has 4 aromatic rings. The third kappa shape index (κ3) is 10.1. The van der Waals surface area contributed by atoms with Crippen LogP contribution in [0.3, 0.4) is 0 Å². The topological polar surface area (TPSA) is 15.7 Å². The predicted molar refractivity (Wildman–Crippen MR) is 204 cm³/mol. The molecule has 0 fully saturated rings. The Balaban J connectivity index is 0.000000413. The van der Waals surface area contributed by atoms with Crippen molar-refractivity contribution >= 4 is 29.8 Å². The van der Waals surface area contributed by atoms with Crippen LogP contribution in [0.2, 0.25) is 12.1 Å². The molecule has 0 saturated carbocycles. The zero-order valence-corrected chi connectivity index (χ0v) is 33.9. The summed E-state index contributed by atoms with van der Waals surface area (Å²) in [5.41, 5.74) is 10.1. The average molecular weight is 669 g/mol. The van der Waals surface area contributed by atoms with Crippen molar-refractivity contribution in [2.45, 2.75) is 72.9 Å². The number of hydrogen-bond donors (Lipinski definition) is 0. The number of methoxy groups -OCH3 is 1. The molecule has 0 N–H and O–H groups in total. The Morgan fingerprint density at radius 1 is 0.739 bits per heavy atom. The molecule has 0 unspecified atom stereocenters. The Bertz CT molecular complexity index is 1460. The Labute approximate surface area is 302 Å². The first-order chi connectivity index (χ1) is 21.0. The van der Waals surface area contributed by atoms with Gasteiger partial charge in [0.25, 0.3) is 0 Å². The zero-order chi connectivity index (χ0) is 34.1. The van der Waals surface area contributed by atoms with E-state index in [1.54, 1.807) is 5.19 Å². The van der Waals surface area contributed by atoms with Gasteiger partial charge in [-0.05, 0) is 51.3 Å². The van der Waals surface area contributed by atoms with Gasteiger partial charge < -0.3 is 14.5 Å². The normalized spacial score (nSPS) is 10.9. The van der Waals surface area contributed by atoms with Crippen molar-refractivity contribution in [3.8, 4) is 5.75 Å². The van der Waals surface area contributed by atoms with Gasteiger partial charge in [0.1, 0.15) is 5.75 Å². The number of rotatable bonds is 7. The van der Waals surface area contributed by atoms with Gasteiger partial charge in [-0.15, -0.1) is 12.1 Å². The molecular weight excluding hydrogens is 610 g/mol. The molecule has 0 saturated heterocycles. The Kier molecular flexibility index (Phi) is 16.1. The molecule has 0 amide bonds. The molecule has 0 radical (unpaired) electrons. The van der Waals surface area contributed by atoms with E-state index in [9.17, 15) is 0 Å². The molecule has 3 nitrogen and oxygen atoms in total. The van der Waals surface area contributed by atoms with Crippen LogP contribution in [0, 0.1) is 34.6 Å². The fourth-order valence-electron chi connectivity index (χ4n) is 6.27. The molecule has 0 aliphatic carbocycles.